The average molecular weight is 295 g/mol. The third kappa shape index (κ3) is 3.19. The number of hydrogen-bond acceptors (Lipinski definition) is 2. The Morgan fingerprint density at radius 3 is 2.63 bits per heavy atom. The lowest BCUT2D eigenvalue weighted by Gasteiger charge is -2.10. The van der Waals surface area contributed by atoms with Crippen LogP contribution in [0.2, 0.25) is 10.0 Å². The van der Waals surface area contributed by atoms with Crippen LogP contribution in [0.3, 0.4) is 0 Å². The van der Waals surface area contributed by atoms with Gasteiger partial charge in [-0.05, 0) is 42.8 Å². The van der Waals surface area contributed by atoms with E-state index in [1.807, 2.05) is 6.92 Å². The van der Waals surface area contributed by atoms with E-state index in [9.17, 15) is 4.79 Å². The Bertz CT molecular complexity index is 641. The molecule has 3 nitrogen and oxygen atoms in total. The van der Waals surface area contributed by atoms with Crippen LogP contribution < -0.4 is 11.1 Å². The molecule has 3 N–H and O–H groups in total. The third-order valence-corrected chi connectivity index (χ3v) is 3.24. The fraction of sp³-hybridized carbons (Fsp3) is 0.0714. The Labute approximate surface area is 121 Å². The van der Waals surface area contributed by atoms with Crippen LogP contribution in [0.25, 0.3) is 0 Å². The summed E-state index contributed by atoms with van der Waals surface area (Å²) in [6.07, 6.45) is 0. The number of nitrogens with one attached hydrogen (secondary N) is 1. The van der Waals surface area contributed by atoms with Crippen molar-refractivity contribution in [2.45, 2.75) is 6.92 Å². The Balaban J connectivity index is 2.27. The maximum absolute atomic E-state index is 12.1. The van der Waals surface area contributed by atoms with E-state index in [2.05, 4.69) is 5.32 Å². The number of aryl methyl sites for hydroxylation is 1. The van der Waals surface area contributed by atoms with E-state index >= 15 is 0 Å². The summed E-state index contributed by atoms with van der Waals surface area (Å²) in [4.78, 5) is 12.1. The van der Waals surface area contributed by atoms with Crippen LogP contribution in [0.1, 0.15) is 15.9 Å². The Kier molecular flexibility index (Phi) is 3.98. The van der Waals surface area contributed by atoms with Crippen LogP contribution in [0.4, 0.5) is 11.4 Å². The first-order valence-electron chi connectivity index (χ1n) is 5.60. The molecular weight excluding hydrogens is 283 g/mol. The zero-order valence-corrected chi connectivity index (χ0v) is 11.7. The number of anilines is 2. The van der Waals surface area contributed by atoms with Gasteiger partial charge in [0.25, 0.3) is 5.91 Å². The average Bonchev–Trinajstić information content (AvgIpc) is 2.36. The SMILES string of the molecule is Cc1cc(N)c(Cl)cc1NC(=O)c1cccc(Cl)c1. The molecule has 0 aliphatic heterocycles. The van der Waals surface area contributed by atoms with Crippen molar-refractivity contribution in [1.82, 2.24) is 0 Å². The fourth-order valence-corrected chi connectivity index (χ4v) is 2.02. The molecule has 19 heavy (non-hydrogen) atoms. The predicted octanol–water partition coefficient (Wildman–Crippen LogP) is 4.14. The highest BCUT2D eigenvalue weighted by molar-refractivity contribution is 6.33. The van der Waals surface area contributed by atoms with E-state index in [0.29, 0.717) is 27.0 Å². The van der Waals surface area contributed by atoms with E-state index in [1.54, 1.807) is 36.4 Å². The molecule has 0 aromatic heterocycles. The summed E-state index contributed by atoms with van der Waals surface area (Å²) in [5.74, 6) is -0.244. The number of halogens is 2. The molecule has 5 heteroatoms. The molecular formula is C14H12Cl2N2O. The van der Waals surface area contributed by atoms with E-state index < -0.39 is 0 Å². The van der Waals surface area contributed by atoms with Crippen molar-refractivity contribution in [3.05, 3.63) is 57.6 Å². The maximum Gasteiger partial charge on any atom is 0.255 e. The van der Waals surface area contributed by atoms with Crippen LogP contribution in [-0.4, -0.2) is 5.91 Å². The van der Waals surface area contributed by atoms with Gasteiger partial charge in [-0.15, -0.1) is 0 Å². The molecule has 0 saturated carbocycles. The van der Waals surface area contributed by atoms with Gasteiger partial charge < -0.3 is 11.1 Å². The van der Waals surface area contributed by atoms with Crippen molar-refractivity contribution < 1.29 is 4.79 Å². The molecule has 0 spiro atoms. The minimum absolute atomic E-state index is 0.244. The summed E-state index contributed by atoms with van der Waals surface area (Å²) < 4.78 is 0. The zero-order chi connectivity index (χ0) is 14.0. The molecule has 1 amide bonds. The molecule has 2 aromatic carbocycles. The summed E-state index contributed by atoms with van der Waals surface area (Å²) in [5, 5.41) is 3.71. The highest BCUT2D eigenvalue weighted by Crippen LogP contribution is 2.27. The minimum atomic E-state index is -0.244. The van der Waals surface area contributed by atoms with Gasteiger partial charge in [0.05, 0.1) is 10.7 Å². The lowest BCUT2D eigenvalue weighted by molar-refractivity contribution is 0.102. The first-order valence-corrected chi connectivity index (χ1v) is 6.35. The van der Waals surface area contributed by atoms with E-state index in [1.165, 1.54) is 0 Å². The summed E-state index contributed by atoms with van der Waals surface area (Å²) in [7, 11) is 0. The van der Waals surface area contributed by atoms with Gasteiger partial charge in [-0.2, -0.15) is 0 Å². The van der Waals surface area contributed by atoms with Gasteiger partial charge in [0.2, 0.25) is 0 Å². The quantitative estimate of drug-likeness (QED) is 0.818. The van der Waals surface area contributed by atoms with Gasteiger partial charge in [0.1, 0.15) is 0 Å². The maximum atomic E-state index is 12.1. The molecule has 2 rings (SSSR count). The molecule has 0 atom stereocenters. The lowest BCUT2D eigenvalue weighted by atomic mass is 10.1. The molecule has 0 radical (unpaired) electrons. The van der Waals surface area contributed by atoms with Crippen LogP contribution in [0.15, 0.2) is 36.4 Å². The Morgan fingerprint density at radius 2 is 1.95 bits per heavy atom. The van der Waals surface area contributed by atoms with Gasteiger partial charge in [0.15, 0.2) is 0 Å². The van der Waals surface area contributed by atoms with Gasteiger partial charge in [-0.3, -0.25) is 4.79 Å². The zero-order valence-electron chi connectivity index (χ0n) is 10.2. The van der Waals surface area contributed by atoms with Crippen molar-refractivity contribution in [3.8, 4) is 0 Å². The van der Waals surface area contributed by atoms with Crippen LogP contribution >= 0.6 is 23.2 Å². The second-order valence-electron chi connectivity index (χ2n) is 4.15. The highest BCUT2D eigenvalue weighted by atomic mass is 35.5. The van der Waals surface area contributed by atoms with Gasteiger partial charge in [-0.1, -0.05) is 29.3 Å². The number of hydrogen-bond donors (Lipinski definition) is 2. The number of amides is 1. The van der Waals surface area contributed by atoms with Crippen molar-refractivity contribution in [1.29, 1.82) is 0 Å². The van der Waals surface area contributed by atoms with Crippen molar-refractivity contribution in [3.63, 3.8) is 0 Å². The molecule has 0 saturated heterocycles. The standard InChI is InChI=1S/C14H12Cl2N2O/c1-8-5-12(17)11(16)7-13(8)18-14(19)9-3-2-4-10(15)6-9/h2-7H,17H2,1H3,(H,18,19). The Hall–Kier alpha value is -1.71. The monoisotopic (exact) mass is 294 g/mol. The summed E-state index contributed by atoms with van der Waals surface area (Å²) in [6.45, 7) is 1.85. The fourth-order valence-electron chi connectivity index (χ4n) is 1.66. The van der Waals surface area contributed by atoms with E-state index in [0.717, 1.165) is 5.56 Å². The lowest BCUT2D eigenvalue weighted by Crippen LogP contribution is -2.12. The van der Waals surface area contributed by atoms with Crippen LogP contribution in [0.5, 0.6) is 0 Å². The topological polar surface area (TPSA) is 55.1 Å². The van der Waals surface area contributed by atoms with Crippen molar-refractivity contribution in [2.75, 3.05) is 11.1 Å². The smallest absolute Gasteiger partial charge is 0.255 e. The summed E-state index contributed by atoms with van der Waals surface area (Å²) >= 11 is 11.8. The van der Waals surface area contributed by atoms with Crippen molar-refractivity contribution >= 4 is 40.5 Å². The molecule has 0 unspecified atom stereocenters. The van der Waals surface area contributed by atoms with Gasteiger partial charge >= 0.3 is 0 Å². The summed E-state index contributed by atoms with van der Waals surface area (Å²) in [5.41, 5.74) is 8.13. The van der Waals surface area contributed by atoms with E-state index in [-0.39, 0.29) is 5.91 Å². The molecule has 0 fully saturated rings. The number of nitrogens with two attached hydrogens (primary N) is 1. The molecule has 0 aliphatic rings. The minimum Gasteiger partial charge on any atom is -0.398 e. The molecule has 0 heterocycles. The van der Waals surface area contributed by atoms with Crippen LogP contribution in [-0.2, 0) is 0 Å². The second kappa shape index (κ2) is 5.51. The second-order valence-corrected chi connectivity index (χ2v) is 5.00. The molecule has 2 aromatic rings. The Morgan fingerprint density at radius 1 is 1.21 bits per heavy atom. The van der Waals surface area contributed by atoms with Crippen molar-refractivity contribution in [2.24, 2.45) is 0 Å². The number of benzene rings is 2. The highest BCUT2D eigenvalue weighted by Gasteiger charge is 2.09. The number of carbonyl (C=O) groups excluding carboxylic acids is 1. The van der Waals surface area contributed by atoms with E-state index in [4.69, 9.17) is 28.9 Å². The first kappa shape index (κ1) is 13.7. The molecule has 0 aliphatic carbocycles. The molecule has 98 valence electrons. The largest absolute Gasteiger partial charge is 0.398 e. The summed E-state index contributed by atoms with van der Waals surface area (Å²) in [6, 6.07) is 10.1. The van der Waals surface area contributed by atoms with Gasteiger partial charge in [0, 0.05) is 16.3 Å². The number of nitrogen functional groups attached to an aromatic ring is 1. The molecule has 0 bridgehead atoms. The number of carbonyl (C=O) groups is 1. The van der Waals surface area contributed by atoms with Gasteiger partial charge in [-0.25, -0.2) is 0 Å². The number of rotatable bonds is 2. The first-order chi connectivity index (χ1) is 8.97. The normalized spacial score (nSPS) is 10.3. The third-order valence-electron chi connectivity index (χ3n) is 2.68. The van der Waals surface area contributed by atoms with Crippen LogP contribution in [0, 0.1) is 6.92 Å². The predicted molar refractivity (Wildman–Crippen MR) is 80.0 cm³/mol.